The molecular weight excluding hydrogens is 583 g/mol. The molecule has 15 nitrogen and oxygen atoms in total. The Kier molecular flexibility index (Phi) is 16.3. The van der Waals surface area contributed by atoms with Crippen LogP contribution in [-0.4, -0.2) is 30.2 Å². The smallest absolute Gasteiger partial charge is 0.356 e. The minimum absolute atomic E-state index is 0. The molecule has 0 spiro atoms. The van der Waals surface area contributed by atoms with E-state index in [-0.39, 0.29) is 36.9 Å². The molecule has 0 N–H and O–H groups in total. The van der Waals surface area contributed by atoms with Crippen molar-refractivity contribution >= 4 is 0 Å². The fourth-order valence-electron chi connectivity index (χ4n) is 1.75. The van der Waals surface area contributed by atoms with Crippen molar-refractivity contribution in [1.29, 1.82) is 0 Å². The second-order valence-electron chi connectivity index (χ2n) is 4.51. The van der Waals surface area contributed by atoms with Crippen LogP contribution in [0.3, 0.4) is 0 Å². The largest absolute Gasteiger partial charge is 3.00 e. The third-order valence-corrected chi connectivity index (χ3v) is 2.60. The molecule has 0 aromatic carbocycles. The molecule has 0 atom stereocenters. The molecule has 0 bridgehead atoms. The first-order valence-electron chi connectivity index (χ1n) is 7.38. The first-order chi connectivity index (χ1) is 14.1. The van der Waals surface area contributed by atoms with Gasteiger partial charge in [-0.3, -0.25) is 9.97 Å². The summed E-state index contributed by atoms with van der Waals surface area (Å²) >= 11 is 0. The van der Waals surface area contributed by atoms with E-state index in [9.17, 15) is 0 Å². The second kappa shape index (κ2) is 17.2. The zero-order valence-corrected chi connectivity index (χ0v) is 16.6. The van der Waals surface area contributed by atoms with Crippen molar-refractivity contribution in [2.45, 2.75) is 0 Å². The van der Waals surface area contributed by atoms with Gasteiger partial charge in [0.05, 0.1) is 38.0 Å². The molecule has 3 aromatic heterocycles. The Hall–Kier alpha value is -3.72. The van der Waals surface area contributed by atoms with Gasteiger partial charge >= 0.3 is 36.9 Å². The van der Waals surface area contributed by atoms with Crippen LogP contribution in [0, 0.1) is 82.8 Å². The van der Waals surface area contributed by atoms with E-state index in [2.05, 4.69) is 15.0 Å². The zero-order chi connectivity index (χ0) is 22.9. The molecule has 0 aliphatic heterocycles. The Morgan fingerprint density at radius 3 is 1.06 bits per heavy atom. The summed E-state index contributed by atoms with van der Waals surface area (Å²) in [5.41, 5.74) is 3.46. The van der Waals surface area contributed by atoms with Gasteiger partial charge in [-0.1, -0.05) is 18.2 Å². The van der Waals surface area contributed by atoms with Crippen LogP contribution in [0.1, 0.15) is 0 Å². The second-order valence-corrected chi connectivity index (χ2v) is 4.51. The maximum Gasteiger partial charge on any atom is 3.00 e. The predicted molar refractivity (Wildman–Crippen MR) is 102 cm³/mol. The summed E-state index contributed by atoms with van der Waals surface area (Å²) in [4.78, 5) is 37.9. The third-order valence-electron chi connectivity index (χ3n) is 2.60. The molecule has 31 heavy (non-hydrogen) atoms. The molecule has 3 heterocycles. The number of nitrogens with zero attached hydrogens (tertiary/aromatic N) is 6. The maximum atomic E-state index is 8.25. The van der Waals surface area contributed by atoms with Crippen LogP contribution in [0.2, 0.25) is 0 Å². The van der Waals surface area contributed by atoms with Gasteiger partial charge in [0.1, 0.15) is 0 Å². The van der Waals surface area contributed by atoms with E-state index in [0.29, 0.717) is 0 Å². The quantitative estimate of drug-likeness (QED) is 0.307. The Labute approximate surface area is 202 Å². The molecule has 0 aliphatic rings. The van der Waals surface area contributed by atoms with Gasteiger partial charge in [0.15, 0.2) is 0 Å². The first kappa shape index (κ1) is 29.5. The SMILES string of the molecule is O=[N+]([O-])[O-].O=[N+]([O-])[O-].O=[N+]([O-])[O-].[Lu+3].c1ccc(-c2cccc(-c3ccccn3)n2)nc1. The van der Waals surface area contributed by atoms with E-state index >= 15 is 0 Å². The average Bonchev–Trinajstić information content (AvgIpc) is 2.68. The monoisotopic (exact) mass is 594 g/mol. The van der Waals surface area contributed by atoms with Crippen LogP contribution < -0.4 is 0 Å². The molecule has 0 fully saturated rings. The molecule has 0 saturated heterocycles. The van der Waals surface area contributed by atoms with Crippen molar-refractivity contribution < 1.29 is 52.1 Å². The van der Waals surface area contributed by atoms with Gasteiger partial charge < -0.3 is 46.0 Å². The average molecular weight is 594 g/mol. The summed E-state index contributed by atoms with van der Waals surface area (Å²) in [5, 5.41) is 44.2. The molecule has 170 valence electrons. The molecule has 0 unspecified atom stereocenters. The van der Waals surface area contributed by atoms with Crippen molar-refractivity contribution in [2.24, 2.45) is 0 Å². The van der Waals surface area contributed by atoms with Gasteiger partial charge in [-0.15, -0.1) is 0 Å². The Morgan fingerprint density at radius 1 is 0.516 bits per heavy atom. The molecule has 0 aliphatic carbocycles. The molecule has 16 heteroatoms. The van der Waals surface area contributed by atoms with Gasteiger partial charge in [-0.25, -0.2) is 4.98 Å². The Morgan fingerprint density at radius 2 is 0.806 bits per heavy atom. The fraction of sp³-hybridized carbons (Fsp3) is 0. The number of pyridine rings is 3. The topological polar surface area (TPSA) is 237 Å². The van der Waals surface area contributed by atoms with E-state index < -0.39 is 15.3 Å². The minimum atomic E-state index is -1.75. The van der Waals surface area contributed by atoms with E-state index in [1.807, 2.05) is 54.6 Å². The van der Waals surface area contributed by atoms with E-state index in [4.69, 9.17) is 46.0 Å². The molecular formula is C15H11LuN6O9. The molecule has 0 amide bonds. The van der Waals surface area contributed by atoms with Crippen LogP contribution in [0.25, 0.3) is 22.8 Å². The first-order valence-corrected chi connectivity index (χ1v) is 7.38. The van der Waals surface area contributed by atoms with Crippen LogP contribution in [0.5, 0.6) is 0 Å². The number of rotatable bonds is 2. The van der Waals surface area contributed by atoms with Gasteiger partial charge in [0, 0.05) is 12.4 Å². The van der Waals surface area contributed by atoms with Gasteiger partial charge in [0.2, 0.25) is 0 Å². The van der Waals surface area contributed by atoms with Gasteiger partial charge in [0.25, 0.3) is 0 Å². The van der Waals surface area contributed by atoms with Crippen LogP contribution in [0.15, 0.2) is 67.0 Å². The van der Waals surface area contributed by atoms with Crippen molar-refractivity contribution in [2.75, 3.05) is 0 Å². The summed E-state index contributed by atoms with van der Waals surface area (Å²) in [7, 11) is 0. The molecule has 3 rings (SSSR count). The summed E-state index contributed by atoms with van der Waals surface area (Å²) in [5.74, 6) is 0. The van der Waals surface area contributed by atoms with Crippen LogP contribution in [0.4, 0.5) is 0 Å². The van der Waals surface area contributed by atoms with Gasteiger partial charge in [-0.05, 0) is 36.4 Å². The normalized spacial score (nSPS) is 8.26. The summed E-state index contributed by atoms with van der Waals surface area (Å²) < 4.78 is 0. The van der Waals surface area contributed by atoms with Gasteiger partial charge in [-0.2, -0.15) is 0 Å². The maximum absolute atomic E-state index is 8.25. The molecule has 3 aromatic rings. The van der Waals surface area contributed by atoms with Crippen LogP contribution >= 0.6 is 0 Å². The van der Waals surface area contributed by atoms with Crippen LogP contribution in [-0.2, 0) is 0 Å². The zero-order valence-electron chi connectivity index (χ0n) is 15.0. The number of hydrogen-bond donors (Lipinski definition) is 0. The standard InChI is InChI=1S/C15H11N3.Lu.3NO3/c1-3-10-16-12(6-1)14-8-5-9-15(18-14)13-7-2-4-11-17-13;;3*2-1(3)4/h1-11H;;;;/q;+3;3*-1. The number of aromatic nitrogens is 3. The van der Waals surface area contributed by atoms with Crippen molar-refractivity contribution in [3.05, 3.63) is 113 Å². The molecule has 0 radical (unpaired) electrons. The fourth-order valence-corrected chi connectivity index (χ4v) is 1.75. The number of hydrogen-bond acceptors (Lipinski definition) is 12. The third kappa shape index (κ3) is 16.9. The van der Waals surface area contributed by atoms with Crippen molar-refractivity contribution in [1.82, 2.24) is 15.0 Å². The predicted octanol–water partition coefficient (Wildman–Crippen LogP) is 2.49. The Bertz CT molecular complexity index is 839. The minimum Gasteiger partial charge on any atom is -0.356 e. The molecule has 0 saturated carbocycles. The Balaban J connectivity index is 0. The van der Waals surface area contributed by atoms with Crippen molar-refractivity contribution in [3.8, 4) is 22.8 Å². The van der Waals surface area contributed by atoms with E-state index in [1.165, 1.54) is 0 Å². The summed E-state index contributed by atoms with van der Waals surface area (Å²) in [6.45, 7) is 0. The van der Waals surface area contributed by atoms with E-state index in [0.717, 1.165) is 22.8 Å². The summed E-state index contributed by atoms with van der Waals surface area (Å²) in [6.07, 6.45) is 3.54. The van der Waals surface area contributed by atoms with Crippen molar-refractivity contribution in [3.63, 3.8) is 0 Å². The van der Waals surface area contributed by atoms with E-state index in [1.54, 1.807) is 12.4 Å². The summed E-state index contributed by atoms with van der Waals surface area (Å²) in [6, 6.07) is 17.5.